The summed E-state index contributed by atoms with van der Waals surface area (Å²) >= 11 is 1.39. The molecule has 2 aromatic heterocycles. The van der Waals surface area contributed by atoms with E-state index in [0.717, 1.165) is 28.8 Å². The molecule has 6 heteroatoms. The van der Waals surface area contributed by atoms with Crippen LogP contribution in [0.25, 0.3) is 22.1 Å². The number of fused-ring (bicyclic) bond motifs is 3. The average Bonchev–Trinajstić information content (AvgIpc) is 3.19. The molecule has 0 aliphatic carbocycles. The molecule has 0 aliphatic rings. The number of imidazole rings is 1. The summed E-state index contributed by atoms with van der Waals surface area (Å²) in [6.45, 7) is 4.98. The molecule has 0 saturated carbocycles. The molecule has 0 amide bonds. The molecular formula is C22H22N2O3S. The van der Waals surface area contributed by atoms with Gasteiger partial charge in [-0.2, -0.15) is 0 Å². The van der Waals surface area contributed by atoms with Gasteiger partial charge in [-0.25, -0.2) is 9.38 Å². The number of rotatable bonds is 6. The summed E-state index contributed by atoms with van der Waals surface area (Å²) in [6, 6.07) is 13.4. The number of hydrogen-bond acceptors (Lipinski definition) is 5. The van der Waals surface area contributed by atoms with Gasteiger partial charge in [-0.1, -0.05) is 43.4 Å². The van der Waals surface area contributed by atoms with Crippen molar-refractivity contribution in [2.75, 3.05) is 13.7 Å². The lowest BCUT2D eigenvalue weighted by Crippen LogP contribution is -2.22. The number of ether oxygens (including phenoxy) is 2. The molecule has 5 nitrogen and oxygen atoms in total. The van der Waals surface area contributed by atoms with Crippen LogP contribution >= 0.6 is 11.3 Å². The van der Waals surface area contributed by atoms with Crippen LogP contribution in [-0.2, 0) is 0 Å². The number of benzene rings is 2. The maximum atomic E-state index is 12.9. The van der Waals surface area contributed by atoms with E-state index in [2.05, 4.69) is 18.8 Å². The third-order valence-electron chi connectivity index (χ3n) is 4.58. The second kappa shape index (κ2) is 7.64. The highest BCUT2D eigenvalue weighted by Crippen LogP contribution is 2.28. The third kappa shape index (κ3) is 3.47. The van der Waals surface area contributed by atoms with Crippen molar-refractivity contribution in [2.24, 2.45) is 5.92 Å². The van der Waals surface area contributed by atoms with Crippen LogP contribution in [0.2, 0.25) is 0 Å². The fourth-order valence-corrected chi connectivity index (χ4v) is 4.05. The van der Waals surface area contributed by atoms with E-state index in [4.69, 9.17) is 9.47 Å². The molecule has 4 aromatic rings. The minimum absolute atomic E-state index is 0.0510. The molecule has 0 fully saturated rings. The highest BCUT2D eigenvalue weighted by atomic mass is 32.1. The van der Waals surface area contributed by atoms with Gasteiger partial charge in [0.25, 0.3) is 5.56 Å². The van der Waals surface area contributed by atoms with Gasteiger partial charge in [0, 0.05) is 0 Å². The van der Waals surface area contributed by atoms with E-state index in [0.29, 0.717) is 27.8 Å². The molecule has 0 saturated heterocycles. The molecule has 0 radical (unpaired) electrons. The Labute approximate surface area is 166 Å². The SMILES string of the molecule is COc1cc(/C=c2/sc3nc4ccccc4n3c2=O)ccc1OCCC(C)C. The van der Waals surface area contributed by atoms with Crippen molar-refractivity contribution in [1.29, 1.82) is 0 Å². The van der Waals surface area contributed by atoms with E-state index in [1.165, 1.54) is 11.3 Å². The fraction of sp³-hybridized carbons (Fsp3) is 0.273. The smallest absolute Gasteiger partial charge is 0.274 e. The first-order chi connectivity index (χ1) is 13.6. The predicted molar refractivity (Wildman–Crippen MR) is 114 cm³/mol. The van der Waals surface area contributed by atoms with Crippen LogP contribution in [0.1, 0.15) is 25.8 Å². The molecule has 144 valence electrons. The summed E-state index contributed by atoms with van der Waals surface area (Å²) in [7, 11) is 1.62. The van der Waals surface area contributed by atoms with Crippen molar-refractivity contribution in [3.05, 3.63) is 62.9 Å². The summed E-state index contributed by atoms with van der Waals surface area (Å²) in [5.74, 6) is 1.97. The Morgan fingerprint density at radius 2 is 2.00 bits per heavy atom. The van der Waals surface area contributed by atoms with Crippen LogP contribution < -0.4 is 19.6 Å². The number of para-hydroxylation sites is 2. The van der Waals surface area contributed by atoms with Gasteiger partial charge in [-0.15, -0.1) is 0 Å². The average molecular weight is 394 g/mol. The maximum absolute atomic E-state index is 12.9. The van der Waals surface area contributed by atoms with Gasteiger partial charge in [0.05, 0.1) is 29.3 Å². The van der Waals surface area contributed by atoms with Gasteiger partial charge in [0.15, 0.2) is 16.5 Å². The van der Waals surface area contributed by atoms with Crippen molar-refractivity contribution in [3.63, 3.8) is 0 Å². The lowest BCUT2D eigenvalue weighted by atomic mass is 10.1. The molecule has 0 aliphatic heterocycles. The summed E-state index contributed by atoms with van der Waals surface area (Å²) in [6.07, 6.45) is 2.86. The van der Waals surface area contributed by atoms with E-state index in [9.17, 15) is 4.79 Å². The Bertz CT molecular complexity index is 1240. The summed E-state index contributed by atoms with van der Waals surface area (Å²) in [5.41, 5.74) is 2.51. The topological polar surface area (TPSA) is 52.8 Å². The van der Waals surface area contributed by atoms with Crippen LogP contribution in [-0.4, -0.2) is 23.1 Å². The second-order valence-corrected chi connectivity index (χ2v) is 8.08. The molecule has 2 aromatic carbocycles. The zero-order valence-electron chi connectivity index (χ0n) is 16.1. The van der Waals surface area contributed by atoms with Crippen molar-refractivity contribution in [3.8, 4) is 11.5 Å². The molecule has 0 bridgehead atoms. The Hall–Kier alpha value is -2.86. The predicted octanol–water partition coefficient (Wildman–Crippen LogP) is 3.89. The second-order valence-electron chi connectivity index (χ2n) is 7.08. The Morgan fingerprint density at radius 1 is 1.18 bits per heavy atom. The van der Waals surface area contributed by atoms with E-state index in [1.807, 2.05) is 48.5 Å². The van der Waals surface area contributed by atoms with E-state index < -0.39 is 0 Å². The molecule has 0 atom stereocenters. The van der Waals surface area contributed by atoms with Crippen LogP contribution in [0.5, 0.6) is 11.5 Å². The van der Waals surface area contributed by atoms with Crippen LogP contribution in [0.3, 0.4) is 0 Å². The van der Waals surface area contributed by atoms with Crippen LogP contribution in [0.4, 0.5) is 0 Å². The normalized spacial score (nSPS) is 12.4. The Morgan fingerprint density at radius 3 is 2.79 bits per heavy atom. The molecule has 0 unspecified atom stereocenters. The van der Waals surface area contributed by atoms with Crippen LogP contribution in [0.15, 0.2) is 47.3 Å². The van der Waals surface area contributed by atoms with Gasteiger partial charge >= 0.3 is 0 Å². The fourth-order valence-electron chi connectivity index (χ4n) is 3.06. The molecular weight excluding hydrogens is 372 g/mol. The number of hydrogen-bond donors (Lipinski definition) is 0. The van der Waals surface area contributed by atoms with Crippen LogP contribution in [0, 0.1) is 5.92 Å². The minimum atomic E-state index is -0.0510. The van der Waals surface area contributed by atoms with Gasteiger partial charge in [0.2, 0.25) is 0 Å². The maximum Gasteiger partial charge on any atom is 0.274 e. The highest BCUT2D eigenvalue weighted by Gasteiger charge is 2.11. The Balaban J connectivity index is 1.70. The molecule has 4 rings (SSSR count). The number of nitrogens with zero attached hydrogens (tertiary/aromatic N) is 2. The number of methoxy groups -OCH3 is 1. The van der Waals surface area contributed by atoms with E-state index in [-0.39, 0.29) is 5.56 Å². The van der Waals surface area contributed by atoms with Crippen molar-refractivity contribution >= 4 is 33.4 Å². The monoisotopic (exact) mass is 394 g/mol. The first-order valence-corrected chi connectivity index (χ1v) is 10.1. The molecule has 28 heavy (non-hydrogen) atoms. The van der Waals surface area contributed by atoms with Crippen molar-refractivity contribution in [2.45, 2.75) is 20.3 Å². The Kier molecular flexibility index (Phi) is 5.05. The highest BCUT2D eigenvalue weighted by molar-refractivity contribution is 7.15. The molecule has 0 spiro atoms. The van der Waals surface area contributed by atoms with Gasteiger partial charge < -0.3 is 9.47 Å². The number of aromatic nitrogens is 2. The third-order valence-corrected chi connectivity index (χ3v) is 5.55. The standard InChI is InChI=1S/C22H22N2O3S/c1-14(2)10-11-27-18-9-8-15(12-19(18)26-3)13-20-21(25)24-17-7-5-4-6-16(17)23-22(24)28-20/h4-9,12-14H,10-11H2,1-3H3/b20-13+. The van der Waals surface area contributed by atoms with Crippen molar-refractivity contribution in [1.82, 2.24) is 9.38 Å². The zero-order chi connectivity index (χ0) is 19.7. The lowest BCUT2D eigenvalue weighted by Gasteiger charge is -2.12. The van der Waals surface area contributed by atoms with E-state index in [1.54, 1.807) is 11.5 Å². The first-order valence-electron chi connectivity index (χ1n) is 9.29. The lowest BCUT2D eigenvalue weighted by molar-refractivity contribution is 0.273. The van der Waals surface area contributed by atoms with Gasteiger partial charge in [-0.3, -0.25) is 4.79 Å². The first kappa shape index (κ1) is 18.5. The van der Waals surface area contributed by atoms with Gasteiger partial charge in [0.1, 0.15) is 0 Å². The summed E-state index contributed by atoms with van der Waals surface area (Å²) < 4.78 is 13.6. The zero-order valence-corrected chi connectivity index (χ0v) is 17.0. The minimum Gasteiger partial charge on any atom is -0.493 e. The molecule has 0 N–H and O–H groups in total. The van der Waals surface area contributed by atoms with Crippen molar-refractivity contribution < 1.29 is 9.47 Å². The largest absolute Gasteiger partial charge is 0.493 e. The number of thiazole rings is 1. The summed E-state index contributed by atoms with van der Waals surface area (Å²) in [5, 5.41) is 0. The van der Waals surface area contributed by atoms with E-state index >= 15 is 0 Å². The summed E-state index contributed by atoms with van der Waals surface area (Å²) in [4.78, 5) is 18.1. The molecule has 2 heterocycles. The quantitative estimate of drug-likeness (QED) is 0.498. The van der Waals surface area contributed by atoms with Gasteiger partial charge in [-0.05, 0) is 48.2 Å².